The van der Waals surface area contributed by atoms with Gasteiger partial charge in [0.15, 0.2) is 0 Å². The van der Waals surface area contributed by atoms with Crippen LogP contribution in [0.5, 0.6) is 5.75 Å². The molecular formula is C18H18BrClN2O5S. The fourth-order valence-electron chi connectivity index (χ4n) is 2.74. The van der Waals surface area contributed by atoms with Crippen LogP contribution in [-0.4, -0.2) is 52.0 Å². The van der Waals surface area contributed by atoms with Crippen molar-refractivity contribution in [2.75, 3.05) is 38.7 Å². The largest absolute Gasteiger partial charge is 0.495 e. The van der Waals surface area contributed by atoms with Crippen LogP contribution in [0.2, 0.25) is 5.02 Å². The Labute approximate surface area is 176 Å². The highest BCUT2D eigenvalue weighted by atomic mass is 79.9. The highest BCUT2D eigenvalue weighted by Gasteiger charge is 2.27. The van der Waals surface area contributed by atoms with Crippen LogP contribution >= 0.6 is 27.5 Å². The molecule has 2 aromatic rings. The minimum Gasteiger partial charge on any atom is -0.495 e. The van der Waals surface area contributed by atoms with Crippen LogP contribution in [0.1, 0.15) is 10.4 Å². The standard InChI is InChI=1S/C18H18BrClN2O5S/c1-26-17-5-2-12(20)10-16(17)21-18(23)14-11-13(3-4-15(14)19)28(24,25)22-6-8-27-9-7-22/h2-5,10-11H,6-9H2,1H3,(H,21,23). The highest BCUT2D eigenvalue weighted by Crippen LogP contribution is 2.30. The molecule has 150 valence electrons. The van der Waals surface area contributed by atoms with Gasteiger partial charge in [-0.3, -0.25) is 4.79 Å². The molecule has 0 aromatic heterocycles. The lowest BCUT2D eigenvalue weighted by Crippen LogP contribution is -2.40. The van der Waals surface area contributed by atoms with Crippen molar-refractivity contribution in [3.8, 4) is 5.75 Å². The van der Waals surface area contributed by atoms with Crippen molar-refractivity contribution in [3.05, 3.63) is 51.5 Å². The summed E-state index contributed by atoms with van der Waals surface area (Å²) in [6.45, 7) is 1.24. The van der Waals surface area contributed by atoms with Gasteiger partial charge in [-0.2, -0.15) is 4.31 Å². The van der Waals surface area contributed by atoms with Crippen molar-refractivity contribution >= 4 is 49.1 Å². The molecule has 1 saturated heterocycles. The molecule has 0 radical (unpaired) electrons. The van der Waals surface area contributed by atoms with E-state index in [2.05, 4.69) is 21.2 Å². The normalized spacial score (nSPS) is 15.2. The van der Waals surface area contributed by atoms with E-state index in [0.717, 1.165) is 0 Å². The van der Waals surface area contributed by atoms with E-state index in [4.69, 9.17) is 21.1 Å². The zero-order chi connectivity index (χ0) is 20.3. The molecule has 0 spiro atoms. The molecule has 7 nitrogen and oxygen atoms in total. The third-order valence-corrected chi connectivity index (χ3v) is 7.02. The maximum absolute atomic E-state index is 12.9. The first-order valence-corrected chi connectivity index (χ1v) is 11.0. The molecule has 2 aromatic carbocycles. The van der Waals surface area contributed by atoms with E-state index >= 15 is 0 Å². The molecule has 1 aliphatic heterocycles. The summed E-state index contributed by atoms with van der Waals surface area (Å²) in [4.78, 5) is 12.8. The highest BCUT2D eigenvalue weighted by molar-refractivity contribution is 9.10. The van der Waals surface area contributed by atoms with E-state index in [9.17, 15) is 13.2 Å². The van der Waals surface area contributed by atoms with Gasteiger partial charge in [0.2, 0.25) is 10.0 Å². The van der Waals surface area contributed by atoms with E-state index in [0.29, 0.717) is 34.1 Å². The van der Waals surface area contributed by atoms with Crippen molar-refractivity contribution in [1.82, 2.24) is 4.31 Å². The van der Waals surface area contributed by atoms with E-state index < -0.39 is 15.9 Å². The smallest absolute Gasteiger partial charge is 0.256 e. The second-order valence-corrected chi connectivity index (χ2v) is 9.19. The molecule has 10 heteroatoms. The van der Waals surface area contributed by atoms with Gasteiger partial charge < -0.3 is 14.8 Å². The first-order valence-electron chi connectivity index (χ1n) is 8.35. The Kier molecular flexibility index (Phi) is 6.61. The fourth-order valence-corrected chi connectivity index (χ4v) is 4.78. The van der Waals surface area contributed by atoms with Crippen LogP contribution in [-0.2, 0) is 14.8 Å². The number of carbonyl (C=O) groups excluding carboxylic acids is 1. The Morgan fingerprint density at radius 2 is 1.93 bits per heavy atom. The van der Waals surface area contributed by atoms with Gasteiger partial charge in [0.1, 0.15) is 5.75 Å². The fraction of sp³-hybridized carbons (Fsp3) is 0.278. The number of morpholine rings is 1. The quantitative estimate of drug-likeness (QED) is 0.696. The first-order chi connectivity index (χ1) is 13.3. The molecule has 28 heavy (non-hydrogen) atoms. The molecule has 1 N–H and O–H groups in total. The molecule has 0 atom stereocenters. The molecule has 0 bridgehead atoms. The summed E-state index contributed by atoms with van der Waals surface area (Å²) >= 11 is 9.31. The third-order valence-electron chi connectivity index (χ3n) is 4.20. The van der Waals surface area contributed by atoms with Gasteiger partial charge in [0, 0.05) is 22.6 Å². The van der Waals surface area contributed by atoms with Gasteiger partial charge in [-0.05, 0) is 52.3 Å². The lowest BCUT2D eigenvalue weighted by molar-refractivity contribution is 0.0730. The number of hydrogen-bond acceptors (Lipinski definition) is 5. The third kappa shape index (κ3) is 4.49. The summed E-state index contributed by atoms with van der Waals surface area (Å²) in [6, 6.07) is 9.18. The van der Waals surface area contributed by atoms with Crippen LogP contribution in [0.4, 0.5) is 5.69 Å². The summed E-state index contributed by atoms with van der Waals surface area (Å²) in [5.74, 6) is -0.0579. The number of benzene rings is 2. The van der Waals surface area contributed by atoms with E-state index in [-0.39, 0.29) is 23.5 Å². The van der Waals surface area contributed by atoms with Crippen molar-refractivity contribution in [2.24, 2.45) is 0 Å². The molecule has 1 heterocycles. The van der Waals surface area contributed by atoms with Gasteiger partial charge in [-0.15, -0.1) is 0 Å². The SMILES string of the molecule is COc1ccc(Cl)cc1NC(=O)c1cc(S(=O)(=O)N2CCOCC2)ccc1Br. The summed E-state index contributed by atoms with van der Waals surface area (Å²) in [5, 5.41) is 3.14. The van der Waals surface area contributed by atoms with Crippen LogP contribution in [0.15, 0.2) is 45.8 Å². The number of rotatable bonds is 5. The lowest BCUT2D eigenvalue weighted by atomic mass is 10.2. The van der Waals surface area contributed by atoms with Gasteiger partial charge in [-0.25, -0.2) is 8.42 Å². The second kappa shape index (κ2) is 8.79. The van der Waals surface area contributed by atoms with Crippen LogP contribution in [0, 0.1) is 0 Å². The van der Waals surface area contributed by atoms with E-state index in [1.807, 2.05) is 0 Å². The molecule has 1 amide bonds. The Bertz CT molecular complexity index is 993. The number of amides is 1. The zero-order valence-corrected chi connectivity index (χ0v) is 18.1. The number of sulfonamides is 1. The van der Waals surface area contributed by atoms with Crippen molar-refractivity contribution in [3.63, 3.8) is 0 Å². The number of ether oxygens (including phenoxy) is 2. The predicted molar refractivity (Wildman–Crippen MR) is 110 cm³/mol. The lowest BCUT2D eigenvalue weighted by Gasteiger charge is -2.26. The van der Waals surface area contributed by atoms with Gasteiger partial charge in [0.25, 0.3) is 5.91 Å². The Balaban J connectivity index is 1.91. The number of nitrogens with zero attached hydrogens (tertiary/aromatic N) is 1. The maximum atomic E-state index is 12.9. The molecule has 0 unspecified atom stereocenters. The van der Waals surface area contributed by atoms with Crippen LogP contribution in [0.25, 0.3) is 0 Å². The number of anilines is 1. The predicted octanol–water partition coefficient (Wildman–Crippen LogP) is 3.38. The Morgan fingerprint density at radius 3 is 2.61 bits per heavy atom. The minimum atomic E-state index is -3.72. The molecule has 1 aliphatic rings. The second-order valence-electron chi connectivity index (χ2n) is 5.96. The average Bonchev–Trinajstić information content (AvgIpc) is 2.69. The van der Waals surface area contributed by atoms with E-state index in [1.54, 1.807) is 18.2 Å². The number of carbonyl (C=O) groups is 1. The van der Waals surface area contributed by atoms with Crippen molar-refractivity contribution < 1.29 is 22.7 Å². The number of methoxy groups -OCH3 is 1. The Hall–Kier alpha value is -1.65. The van der Waals surface area contributed by atoms with Gasteiger partial charge in [-0.1, -0.05) is 11.6 Å². The minimum absolute atomic E-state index is 0.0424. The maximum Gasteiger partial charge on any atom is 0.256 e. The molecule has 1 fully saturated rings. The molecule has 0 aliphatic carbocycles. The molecular weight excluding hydrogens is 472 g/mol. The number of hydrogen-bond donors (Lipinski definition) is 1. The number of halogens is 2. The summed E-state index contributed by atoms with van der Waals surface area (Å²) in [7, 11) is -2.24. The van der Waals surface area contributed by atoms with Crippen LogP contribution < -0.4 is 10.1 Å². The number of nitrogens with one attached hydrogen (secondary N) is 1. The summed E-state index contributed by atoms with van der Waals surface area (Å²) in [5.41, 5.74) is 0.560. The van der Waals surface area contributed by atoms with E-state index in [1.165, 1.54) is 29.6 Å². The Morgan fingerprint density at radius 1 is 1.21 bits per heavy atom. The summed E-state index contributed by atoms with van der Waals surface area (Å²) < 4.78 is 38.0. The van der Waals surface area contributed by atoms with Crippen LogP contribution in [0.3, 0.4) is 0 Å². The monoisotopic (exact) mass is 488 g/mol. The molecule has 3 rings (SSSR count). The summed E-state index contributed by atoms with van der Waals surface area (Å²) in [6.07, 6.45) is 0. The van der Waals surface area contributed by atoms with Gasteiger partial charge in [0.05, 0.1) is 36.5 Å². The zero-order valence-electron chi connectivity index (χ0n) is 14.9. The van der Waals surface area contributed by atoms with Crippen molar-refractivity contribution in [2.45, 2.75) is 4.90 Å². The molecule has 0 saturated carbocycles. The average molecular weight is 490 g/mol. The van der Waals surface area contributed by atoms with Crippen molar-refractivity contribution in [1.29, 1.82) is 0 Å². The topological polar surface area (TPSA) is 84.9 Å². The first kappa shape index (κ1) is 21.1. The van der Waals surface area contributed by atoms with Gasteiger partial charge >= 0.3 is 0 Å².